The molecule has 2 aromatic rings. The lowest BCUT2D eigenvalue weighted by Crippen LogP contribution is -1.73. The van der Waals surface area contributed by atoms with Crippen molar-refractivity contribution in [3.63, 3.8) is 0 Å². The van der Waals surface area contributed by atoms with Crippen molar-refractivity contribution in [1.29, 1.82) is 0 Å². The number of benzene rings is 2. The van der Waals surface area contributed by atoms with E-state index in [2.05, 4.69) is 60.1 Å². The minimum atomic E-state index is 0.222. The van der Waals surface area contributed by atoms with Crippen LogP contribution < -0.4 is 0 Å². The van der Waals surface area contributed by atoms with Crippen molar-refractivity contribution in [2.45, 2.75) is 0 Å². The van der Waals surface area contributed by atoms with Gasteiger partial charge in [-0.25, -0.2) is 0 Å². The Morgan fingerprint density at radius 1 is 0.733 bits per heavy atom. The first kappa shape index (κ1) is 11.5. The number of rotatable bonds is 1. The Morgan fingerprint density at radius 3 is 1.27 bits per heavy atom. The van der Waals surface area contributed by atoms with Crippen molar-refractivity contribution in [3.05, 3.63) is 60.7 Å². The molecule has 0 aromatic heterocycles. The molecule has 15 heavy (non-hydrogen) atoms. The quantitative estimate of drug-likeness (QED) is 0.526. The zero-order valence-corrected chi connectivity index (χ0v) is 8.89. The molecule has 0 saturated carbocycles. The van der Waals surface area contributed by atoms with Gasteiger partial charge in [-0.3, -0.25) is 4.79 Å². The van der Waals surface area contributed by atoms with Crippen LogP contribution in [0.5, 0.6) is 0 Å². The predicted molar refractivity (Wildman–Crippen MR) is 64.5 cm³/mol. The third-order valence-electron chi connectivity index (χ3n) is 1.88. The third kappa shape index (κ3) is 3.96. The molecule has 1 nitrogen and oxygen atoms in total. The Labute approximate surface area is 94.3 Å². The van der Waals surface area contributed by atoms with Gasteiger partial charge in [-0.1, -0.05) is 60.7 Å². The normalized spacial score (nSPS) is 8.60. The van der Waals surface area contributed by atoms with Crippen LogP contribution in [0.3, 0.4) is 0 Å². The monoisotopic (exact) mass is 218 g/mol. The van der Waals surface area contributed by atoms with E-state index in [0.717, 1.165) is 0 Å². The second-order valence-electron chi connectivity index (χ2n) is 2.82. The lowest BCUT2D eigenvalue weighted by atomic mass is 10.1. The average molecular weight is 219 g/mol. The summed E-state index contributed by atoms with van der Waals surface area (Å²) in [6.07, 6.45) is 0. The van der Waals surface area contributed by atoms with Crippen molar-refractivity contribution in [1.82, 2.24) is 0 Å². The number of hydrogen-bond donors (Lipinski definition) is 0. The first-order valence-corrected chi connectivity index (χ1v) is 4.96. The van der Waals surface area contributed by atoms with Crippen molar-refractivity contribution >= 4 is 17.3 Å². The molecule has 0 unspecified atom stereocenters. The highest BCUT2D eigenvalue weighted by Crippen LogP contribution is 2.17. The largest absolute Gasteiger partial charge is 0.285 e. The number of carbonyl (C=O) groups excluding carboxylic acids is 1. The van der Waals surface area contributed by atoms with Gasteiger partial charge in [0, 0.05) is 0 Å². The van der Waals surface area contributed by atoms with Gasteiger partial charge < -0.3 is 0 Å². The van der Waals surface area contributed by atoms with Gasteiger partial charge in [0.15, 0.2) is 0 Å². The maximum absolute atomic E-state index is 8.57. The lowest BCUT2D eigenvalue weighted by Gasteiger charge is -1.98. The summed E-state index contributed by atoms with van der Waals surface area (Å²) in [7, 11) is 0. The second-order valence-corrected chi connectivity index (χ2v) is 3.00. The van der Waals surface area contributed by atoms with E-state index in [9.17, 15) is 0 Å². The van der Waals surface area contributed by atoms with Crippen LogP contribution in [-0.4, -0.2) is 5.75 Å². The van der Waals surface area contributed by atoms with Gasteiger partial charge >= 0.3 is 0 Å². The third-order valence-corrected chi connectivity index (χ3v) is 1.88. The number of carbonyl (C=O) groups is 1. The van der Waals surface area contributed by atoms with Gasteiger partial charge in [-0.2, -0.15) is 0 Å². The molecule has 0 aliphatic heterocycles. The van der Waals surface area contributed by atoms with Crippen LogP contribution >= 0.6 is 11.6 Å². The summed E-state index contributed by atoms with van der Waals surface area (Å²) in [6, 6.07) is 20.8. The van der Waals surface area contributed by atoms with Gasteiger partial charge in [0.2, 0.25) is 5.75 Å². The summed E-state index contributed by atoms with van der Waals surface area (Å²) in [5, 5.41) is 0. The molecule has 2 heteroatoms. The Bertz CT molecular complexity index is 346. The van der Waals surface area contributed by atoms with E-state index in [1.54, 1.807) is 0 Å². The SMILES string of the molecule is O=CCl.c1ccc(-c2ccccc2)cc1. The molecule has 0 spiro atoms. The highest BCUT2D eigenvalue weighted by molar-refractivity contribution is 6.54. The molecule has 0 aliphatic rings. The Morgan fingerprint density at radius 2 is 1.00 bits per heavy atom. The molecular weight excluding hydrogens is 208 g/mol. The van der Waals surface area contributed by atoms with Gasteiger partial charge in [0.05, 0.1) is 0 Å². The first-order chi connectivity index (χ1) is 7.38. The summed E-state index contributed by atoms with van der Waals surface area (Å²) < 4.78 is 0. The van der Waals surface area contributed by atoms with Crippen molar-refractivity contribution in [2.24, 2.45) is 0 Å². The van der Waals surface area contributed by atoms with E-state index < -0.39 is 0 Å². The van der Waals surface area contributed by atoms with Crippen LogP contribution in [0.25, 0.3) is 11.1 Å². The molecule has 2 aromatic carbocycles. The van der Waals surface area contributed by atoms with E-state index >= 15 is 0 Å². The first-order valence-electron chi connectivity index (χ1n) is 4.53. The van der Waals surface area contributed by atoms with Crippen LogP contribution in [0.4, 0.5) is 0 Å². The molecule has 0 N–H and O–H groups in total. The van der Waals surface area contributed by atoms with E-state index in [0.29, 0.717) is 0 Å². The van der Waals surface area contributed by atoms with Crippen LogP contribution in [0, 0.1) is 0 Å². The zero-order chi connectivity index (χ0) is 10.9. The maximum Gasteiger partial charge on any atom is 0.208 e. The average Bonchev–Trinajstić information content (AvgIpc) is 2.32. The minimum Gasteiger partial charge on any atom is -0.285 e. The summed E-state index contributed by atoms with van der Waals surface area (Å²) in [5.74, 6) is 0.222. The number of halogens is 1. The lowest BCUT2D eigenvalue weighted by molar-refractivity contribution is 0.569. The summed E-state index contributed by atoms with van der Waals surface area (Å²) in [6.45, 7) is 0. The highest BCUT2D eigenvalue weighted by atomic mass is 35.5. The molecule has 0 atom stereocenters. The van der Waals surface area contributed by atoms with E-state index in [1.807, 2.05) is 12.1 Å². The second kappa shape index (κ2) is 6.80. The van der Waals surface area contributed by atoms with Gasteiger partial charge in [0.25, 0.3) is 0 Å². The highest BCUT2D eigenvalue weighted by Gasteiger charge is 1.91. The van der Waals surface area contributed by atoms with Gasteiger partial charge in [-0.05, 0) is 22.7 Å². The van der Waals surface area contributed by atoms with E-state index in [1.165, 1.54) is 11.1 Å². The van der Waals surface area contributed by atoms with E-state index in [4.69, 9.17) is 4.79 Å². The number of hydrogen-bond acceptors (Lipinski definition) is 1. The Balaban J connectivity index is 0.000000337. The zero-order valence-electron chi connectivity index (χ0n) is 8.14. The molecular formula is C13H11ClO. The van der Waals surface area contributed by atoms with Crippen molar-refractivity contribution in [3.8, 4) is 11.1 Å². The van der Waals surface area contributed by atoms with Crippen LogP contribution in [-0.2, 0) is 4.79 Å². The molecule has 0 heterocycles. The summed E-state index contributed by atoms with van der Waals surface area (Å²) >= 11 is 4.32. The fraction of sp³-hybridized carbons (Fsp3) is 0. The molecule has 0 fully saturated rings. The van der Waals surface area contributed by atoms with Crippen molar-refractivity contribution in [2.75, 3.05) is 0 Å². The summed E-state index contributed by atoms with van der Waals surface area (Å²) in [4.78, 5) is 8.57. The standard InChI is InChI=1S/C12H10.CHClO/c1-3-7-11(8-4-1)12-9-5-2-6-10-12;2-1-3/h1-10H;1H. The molecule has 0 bridgehead atoms. The Hall–Kier alpha value is -1.60. The Kier molecular flexibility index (Phi) is 5.20. The van der Waals surface area contributed by atoms with Gasteiger partial charge in [0.1, 0.15) is 0 Å². The van der Waals surface area contributed by atoms with Gasteiger partial charge in [-0.15, -0.1) is 0 Å². The molecule has 0 saturated heterocycles. The summed E-state index contributed by atoms with van der Waals surface area (Å²) in [5.41, 5.74) is 2.55. The molecule has 0 aliphatic carbocycles. The van der Waals surface area contributed by atoms with Crippen molar-refractivity contribution < 1.29 is 4.79 Å². The van der Waals surface area contributed by atoms with Crippen LogP contribution in [0.1, 0.15) is 0 Å². The topological polar surface area (TPSA) is 17.1 Å². The van der Waals surface area contributed by atoms with E-state index in [-0.39, 0.29) is 5.75 Å². The smallest absolute Gasteiger partial charge is 0.208 e. The van der Waals surface area contributed by atoms with Crippen LogP contribution in [0.15, 0.2) is 60.7 Å². The maximum atomic E-state index is 8.57. The molecule has 0 radical (unpaired) electrons. The molecule has 0 amide bonds. The predicted octanol–water partition coefficient (Wildman–Crippen LogP) is 3.77. The molecule has 76 valence electrons. The van der Waals surface area contributed by atoms with Crippen LogP contribution in [0.2, 0.25) is 0 Å². The fourth-order valence-electron chi connectivity index (χ4n) is 1.26. The minimum absolute atomic E-state index is 0.222. The fourth-order valence-corrected chi connectivity index (χ4v) is 1.26. The molecule has 2 rings (SSSR count).